The molecule has 0 spiro atoms. The van der Waals surface area contributed by atoms with Gasteiger partial charge in [-0.05, 0) is 11.5 Å². The van der Waals surface area contributed by atoms with E-state index in [0.29, 0.717) is 5.69 Å². The molecule has 5 heteroatoms. The quantitative estimate of drug-likeness (QED) is 0.854. The fourth-order valence-corrected chi connectivity index (χ4v) is 3.47. The number of rotatable bonds is 3. The van der Waals surface area contributed by atoms with Crippen molar-refractivity contribution in [2.45, 2.75) is 12.2 Å². The van der Waals surface area contributed by atoms with E-state index in [1.807, 2.05) is 42.5 Å². The molecule has 0 saturated carbocycles. The Labute approximate surface area is 132 Å². The molecule has 2 heterocycles. The van der Waals surface area contributed by atoms with Crippen LogP contribution >= 0.6 is 0 Å². The monoisotopic (exact) mass is 309 g/mol. The molecule has 2 N–H and O–H groups in total. The highest BCUT2D eigenvalue weighted by Gasteiger charge is 2.53. The molecule has 5 nitrogen and oxygen atoms in total. The van der Waals surface area contributed by atoms with Crippen molar-refractivity contribution in [3.05, 3.63) is 54.6 Å². The minimum Gasteiger partial charge on any atom is -0.481 e. The van der Waals surface area contributed by atoms with Crippen molar-refractivity contribution in [2.75, 3.05) is 5.32 Å². The Balaban J connectivity index is 1.65. The number of fused-ring (bicyclic) bond motifs is 3. The van der Waals surface area contributed by atoms with Gasteiger partial charge in [0.05, 0.1) is 18.1 Å². The van der Waals surface area contributed by atoms with E-state index in [9.17, 15) is 14.7 Å². The predicted octanol–water partition coefficient (Wildman–Crippen LogP) is 2.43. The van der Waals surface area contributed by atoms with Crippen molar-refractivity contribution in [1.82, 2.24) is 0 Å². The first kappa shape index (κ1) is 14.0. The van der Waals surface area contributed by atoms with Crippen molar-refractivity contribution in [3.8, 4) is 0 Å². The molecule has 4 atom stereocenters. The molecule has 2 bridgehead atoms. The summed E-state index contributed by atoms with van der Waals surface area (Å²) in [7, 11) is 0. The Kier molecular flexibility index (Phi) is 3.16. The van der Waals surface area contributed by atoms with E-state index in [1.54, 1.807) is 12.2 Å². The molecular formula is C18H15NO4. The summed E-state index contributed by atoms with van der Waals surface area (Å²) in [6.07, 6.45) is 2.53. The topological polar surface area (TPSA) is 75.6 Å². The van der Waals surface area contributed by atoms with E-state index in [4.69, 9.17) is 4.74 Å². The molecule has 0 radical (unpaired) electrons. The molecule has 2 aromatic carbocycles. The highest BCUT2D eigenvalue weighted by molar-refractivity contribution is 6.04. The van der Waals surface area contributed by atoms with Crippen LogP contribution < -0.4 is 5.32 Å². The number of amides is 1. The van der Waals surface area contributed by atoms with Crippen LogP contribution in [0.2, 0.25) is 0 Å². The van der Waals surface area contributed by atoms with Crippen molar-refractivity contribution in [2.24, 2.45) is 11.8 Å². The van der Waals surface area contributed by atoms with Crippen LogP contribution in [0.5, 0.6) is 0 Å². The molecule has 0 aliphatic carbocycles. The summed E-state index contributed by atoms with van der Waals surface area (Å²) < 4.78 is 5.55. The maximum Gasteiger partial charge on any atom is 0.310 e. The Bertz CT molecular complexity index is 823. The predicted molar refractivity (Wildman–Crippen MR) is 85.0 cm³/mol. The SMILES string of the molecule is O=C(O)[C@@H]1[C@@H](C(=O)Nc2cccc3ccccc23)[C@H]2C=C[C@H]1O2. The standard InChI is InChI=1S/C18H15NO4/c20-17(15-13-8-9-14(23-13)16(15)18(21)22)19-12-7-3-5-10-4-1-2-6-11(10)12/h1-9,13-16H,(H,19,20)(H,21,22)/t13-,14-,15+,16+/m1/s1. The number of nitrogens with one attached hydrogen (secondary N) is 1. The second kappa shape index (κ2) is 5.21. The fraction of sp³-hybridized carbons (Fsp3) is 0.222. The number of benzene rings is 2. The van der Waals surface area contributed by atoms with E-state index >= 15 is 0 Å². The number of hydrogen-bond acceptors (Lipinski definition) is 3. The lowest BCUT2D eigenvalue weighted by molar-refractivity contribution is -0.145. The molecule has 2 aliphatic heterocycles. The second-order valence-corrected chi connectivity index (χ2v) is 5.86. The second-order valence-electron chi connectivity index (χ2n) is 5.86. The molecule has 116 valence electrons. The molecule has 1 saturated heterocycles. The van der Waals surface area contributed by atoms with Crippen molar-refractivity contribution in [3.63, 3.8) is 0 Å². The average Bonchev–Trinajstić information content (AvgIpc) is 3.16. The lowest BCUT2D eigenvalue weighted by atomic mass is 9.82. The van der Waals surface area contributed by atoms with Gasteiger partial charge >= 0.3 is 5.97 Å². The number of hydrogen-bond donors (Lipinski definition) is 2. The summed E-state index contributed by atoms with van der Waals surface area (Å²) in [5, 5.41) is 14.2. The Morgan fingerprint density at radius 3 is 2.43 bits per heavy atom. The van der Waals surface area contributed by atoms with Crippen LogP contribution in [0.15, 0.2) is 54.6 Å². The van der Waals surface area contributed by atoms with Gasteiger partial charge in [0.1, 0.15) is 5.92 Å². The fourth-order valence-electron chi connectivity index (χ4n) is 3.47. The summed E-state index contributed by atoms with van der Waals surface area (Å²) in [6.45, 7) is 0. The van der Waals surface area contributed by atoms with E-state index in [2.05, 4.69) is 5.32 Å². The molecule has 1 amide bonds. The van der Waals surface area contributed by atoms with Crippen LogP contribution in [0.4, 0.5) is 5.69 Å². The molecule has 1 fully saturated rings. The van der Waals surface area contributed by atoms with Gasteiger partial charge in [-0.25, -0.2) is 0 Å². The zero-order chi connectivity index (χ0) is 16.0. The molecule has 0 aromatic heterocycles. The van der Waals surface area contributed by atoms with Crippen LogP contribution in [0.1, 0.15) is 0 Å². The van der Waals surface area contributed by atoms with E-state index < -0.39 is 30.0 Å². The third kappa shape index (κ3) is 2.21. The summed E-state index contributed by atoms with van der Waals surface area (Å²) >= 11 is 0. The summed E-state index contributed by atoms with van der Waals surface area (Å²) in [5.41, 5.74) is 0.684. The van der Waals surface area contributed by atoms with Gasteiger partial charge in [0.25, 0.3) is 0 Å². The molecule has 4 rings (SSSR count). The van der Waals surface area contributed by atoms with Crippen molar-refractivity contribution in [1.29, 1.82) is 0 Å². The lowest BCUT2D eigenvalue weighted by Crippen LogP contribution is -2.39. The van der Waals surface area contributed by atoms with Gasteiger partial charge in [0, 0.05) is 11.1 Å². The van der Waals surface area contributed by atoms with Crippen molar-refractivity contribution < 1.29 is 19.4 Å². The summed E-state index contributed by atoms with van der Waals surface area (Å²) in [6, 6.07) is 13.4. The Morgan fingerprint density at radius 2 is 1.65 bits per heavy atom. The van der Waals surface area contributed by atoms with Gasteiger partial charge in [0.2, 0.25) is 5.91 Å². The van der Waals surface area contributed by atoms with Gasteiger partial charge < -0.3 is 15.2 Å². The number of aliphatic carboxylic acids is 1. The number of carboxylic acid groups (broad SMARTS) is 1. The number of ether oxygens (including phenoxy) is 1. The first-order valence-corrected chi connectivity index (χ1v) is 7.50. The number of carbonyl (C=O) groups is 2. The Hall–Kier alpha value is -2.66. The number of anilines is 1. The summed E-state index contributed by atoms with van der Waals surface area (Å²) in [5.74, 6) is -2.85. The molecule has 23 heavy (non-hydrogen) atoms. The first-order valence-electron chi connectivity index (χ1n) is 7.50. The third-order valence-electron chi connectivity index (χ3n) is 4.53. The normalized spacial score (nSPS) is 28.2. The zero-order valence-corrected chi connectivity index (χ0v) is 12.2. The van der Waals surface area contributed by atoms with E-state index in [0.717, 1.165) is 10.8 Å². The van der Waals surface area contributed by atoms with E-state index in [1.165, 1.54) is 0 Å². The summed E-state index contributed by atoms with van der Waals surface area (Å²) in [4.78, 5) is 24.2. The largest absolute Gasteiger partial charge is 0.481 e. The number of carboxylic acids is 1. The van der Waals surface area contributed by atoms with Gasteiger partial charge in [0.15, 0.2) is 0 Å². The Morgan fingerprint density at radius 1 is 0.957 bits per heavy atom. The first-order chi connectivity index (χ1) is 11.1. The highest BCUT2D eigenvalue weighted by atomic mass is 16.5. The highest BCUT2D eigenvalue weighted by Crippen LogP contribution is 2.40. The van der Waals surface area contributed by atoms with Crippen LogP contribution in [0.25, 0.3) is 10.8 Å². The maximum atomic E-state index is 12.7. The maximum absolute atomic E-state index is 12.7. The van der Waals surface area contributed by atoms with Gasteiger partial charge in [-0.2, -0.15) is 0 Å². The number of carbonyl (C=O) groups excluding carboxylic acids is 1. The van der Waals surface area contributed by atoms with Crippen LogP contribution in [0.3, 0.4) is 0 Å². The van der Waals surface area contributed by atoms with Gasteiger partial charge in [-0.1, -0.05) is 48.6 Å². The minimum absolute atomic E-state index is 0.314. The smallest absolute Gasteiger partial charge is 0.310 e. The molecule has 0 unspecified atom stereocenters. The van der Waals surface area contributed by atoms with Crippen LogP contribution in [-0.2, 0) is 14.3 Å². The lowest BCUT2D eigenvalue weighted by Gasteiger charge is -2.21. The molecular weight excluding hydrogens is 294 g/mol. The van der Waals surface area contributed by atoms with Crippen LogP contribution in [0, 0.1) is 11.8 Å². The third-order valence-corrected chi connectivity index (χ3v) is 4.53. The molecule has 2 aromatic rings. The van der Waals surface area contributed by atoms with Gasteiger partial charge in [-0.15, -0.1) is 0 Å². The minimum atomic E-state index is -1.00. The average molecular weight is 309 g/mol. The van der Waals surface area contributed by atoms with Crippen molar-refractivity contribution >= 4 is 28.3 Å². The van der Waals surface area contributed by atoms with E-state index in [-0.39, 0.29) is 5.91 Å². The zero-order valence-electron chi connectivity index (χ0n) is 12.2. The van der Waals surface area contributed by atoms with Gasteiger partial charge in [-0.3, -0.25) is 9.59 Å². The molecule has 2 aliphatic rings. The van der Waals surface area contributed by atoms with Crippen LogP contribution in [-0.4, -0.2) is 29.2 Å².